The van der Waals surface area contributed by atoms with Gasteiger partial charge in [0.1, 0.15) is 0 Å². The fraction of sp³-hybridized carbons (Fsp3) is 0.611. The Kier molecular flexibility index (Phi) is 6.40. The van der Waals surface area contributed by atoms with Gasteiger partial charge in [0.15, 0.2) is 0 Å². The second kappa shape index (κ2) is 8.30. The van der Waals surface area contributed by atoms with E-state index in [1.54, 1.807) is 0 Å². The van der Waals surface area contributed by atoms with Crippen LogP contribution in [-0.4, -0.2) is 31.7 Å². The molecule has 0 radical (unpaired) electrons. The number of amides is 1. The van der Waals surface area contributed by atoms with Crippen LogP contribution in [0.2, 0.25) is 0 Å². The van der Waals surface area contributed by atoms with E-state index in [0.29, 0.717) is 17.9 Å². The van der Waals surface area contributed by atoms with E-state index in [1.165, 1.54) is 0 Å². The van der Waals surface area contributed by atoms with E-state index >= 15 is 0 Å². The van der Waals surface area contributed by atoms with Crippen molar-refractivity contribution in [3.8, 4) is 0 Å². The summed E-state index contributed by atoms with van der Waals surface area (Å²) < 4.78 is 5.57. The molecule has 4 heteroatoms. The van der Waals surface area contributed by atoms with Crippen LogP contribution in [0, 0.1) is 11.8 Å². The van der Waals surface area contributed by atoms with Crippen molar-refractivity contribution in [1.82, 2.24) is 10.6 Å². The van der Waals surface area contributed by atoms with Gasteiger partial charge in [-0.25, -0.2) is 0 Å². The second-order valence-electron chi connectivity index (χ2n) is 6.35. The first kappa shape index (κ1) is 17.0. The molecule has 0 aliphatic carbocycles. The highest BCUT2D eigenvalue weighted by Gasteiger charge is 2.27. The molecule has 0 saturated carbocycles. The number of carbonyl (C=O) groups is 1. The largest absolute Gasteiger partial charge is 0.381 e. The number of benzene rings is 1. The van der Waals surface area contributed by atoms with Crippen molar-refractivity contribution in [3.63, 3.8) is 0 Å². The molecule has 4 nitrogen and oxygen atoms in total. The molecule has 1 aromatic carbocycles. The highest BCUT2D eigenvalue weighted by atomic mass is 16.5. The molecule has 1 amide bonds. The third-order valence-corrected chi connectivity index (χ3v) is 4.25. The van der Waals surface area contributed by atoms with Gasteiger partial charge in [0.25, 0.3) is 5.91 Å². The predicted molar refractivity (Wildman–Crippen MR) is 88.8 cm³/mol. The number of nitrogens with one attached hydrogen (secondary N) is 2. The first-order valence-corrected chi connectivity index (χ1v) is 8.30. The molecule has 22 heavy (non-hydrogen) atoms. The standard InChI is InChI=1S/C18H28N2O2/c1-4-8-19-18(21)16-7-5-6-15(9-16)10-20-17-13(2)11-22-12-14(17)3/h5-7,9,13-14,17,20H,4,8,10-12H2,1-3H3,(H,19,21). The molecule has 1 aromatic rings. The zero-order chi connectivity index (χ0) is 15.9. The maximum atomic E-state index is 12.0. The molecule has 2 N–H and O–H groups in total. The molecule has 0 bridgehead atoms. The van der Waals surface area contributed by atoms with Crippen LogP contribution in [0.5, 0.6) is 0 Å². The molecule has 0 aromatic heterocycles. The number of hydrogen-bond acceptors (Lipinski definition) is 3. The van der Waals surface area contributed by atoms with Gasteiger partial charge in [0, 0.05) is 24.7 Å². The van der Waals surface area contributed by atoms with Crippen LogP contribution in [0.3, 0.4) is 0 Å². The van der Waals surface area contributed by atoms with Gasteiger partial charge >= 0.3 is 0 Å². The lowest BCUT2D eigenvalue weighted by atomic mass is 9.89. The Bertz CT molecular complexity index is 480. The summed E-state index contributed by atoms with van der Waals surface area (Å²) in [7, 11) is 0. The molecule has 2 atom stereocenters. The van der Waals surface area contributed by atoms with Crippen LogP contribution < -0.4 is 10.6 Å². The van der Waals surface area contributed by atoms with Crippen molar-refractivity contribution in [3.05, 3.63) is 35.4 Å². The molecule has 2 unspecified atom stereocenters. The van der Waals surface area contributed by atoms with Crippen LogP contribution in [0.4, 0.5) is 0 Å². The first-order chi connectivity index (χ1) is 10.6. The summed E-state index contributed by atoms with van der Waals surface area (Å²) in [5.74, 6) is 1.04. The van der Waals surface area contributed by atoms with Gasteiger partial charge in [-0.05, 0) is 36.0 Å². The van der Waals surface area contributed by atoms with E-state index in [4.69, 9.17) is 4.74 Å². The Morgan fingerprint density at radius 1 is 1.27 bits per heavy atom. The molecule has 1 aliphatic rings. The van der Waals surface area contributed by atoms with Gasteiger partial charge in [0.2, 0.25) is 0 Å². The summed E-state index contributed by atoms with van der Waals surface area (Å²) in [5.41, 5.74) is 1.89. The summed E-state index contributed by atoms with van der Waals surface area (Å²) in [6.45, 7) is 9.65. The van der Waals surface area contributed by atoms with Gasteiger partial charge in [-0.15, -0.1) is 0 Å². The topological polar surface area (TPSA) is 50.4 Å². The maximum Gasteiger partial charge on any atom is 0.251 e. The normalized spacial score (nSPS) is 25.0. The smallest absolute Gasteiger partial charge is 0.251 e. The van der Waals surface area contributed by atoms with Crippen molar-refractivity contribution >= 4 is 5.91 Å². The van der Waals surface area contributed by atoms with Gasteiger partial charge < -0.3 is 15.4 Å². The van der Waals surface area contributed by atoms with Crippen LogP contribution in [0.15, 0.2) is 24.3 Å². The molecule has 2 rings (SSSR count). The number of ether oxygens (including phenoxy) is 1. The van der Waals surface area contributed by atoms with E-state index in [9.17, 15) is 4.79 Å². The summed E-state index contributed by atoms with van der Waals surface area (Å²) in [4.78, 5) is 12.0. The minimum Gasteiger partial charge on any atom is -0.381 e. The minimum atomic E-state index is 0.0107. The Morgan fingerprint density at radius 3 is 2.68 bits per heavy atom. The Balaban J connectivity index is 1.94. The maximum absolute atomic E-state index is 12.0. The average molecular weight is 304 g/mol. The predicted octanol–water partition coefficient (Wildman–Crippen LogP) is 2.59. The van der Waals surface area contributed by atoms with Crippen molar-refractivity contribution in [2.45, 2.75) is 39.8 Å². The van der Waals surface area contributed by atoms with Crippen LogP contribution in [0.25, 0.3) is 0 Å². The summed E-state index contributed by atoms with van der Waals surface area (Å²) in [5, 5.41) is 6.55. The molecule has 1 aliphatic heterocycles. The fourth-order valence-electron chi connectivity index (χ4n) is 3.01. The quantitative estimate of drug-likeness (QED) is 0.849. The summed E-state index contributed by atoms with van der Waals surface area (Å²) in [6.07, 6.45) is 0.951. The Morgan fingerprint density at radius 2 is 2.00 bits per heavy atom. The second-order valence-corrected chi connectivity index (χ2v) is 6.35. The van der Waals surface area contributed by atoms with Crippen molar-refractivity contribution in [2.24, 2.45) is 11.8 Å². The number of hydrogen-bond donors (Lipinski definition) is 2. The van der Waals surface area contributed by atoms with Crippen molar-refractivity contribution in [2.75, 3.05) is 19.8 Å². The van der Waals surface area contributed by atoms with E-state index in [0.717, 1.165) is 43.9 Å². The molecule has 1 fully saturated rings. The summed E-state index contributed by atoms with van der Waals surface area (Å²) in [6, 6.07) is 8.33. The highest BCUT2D eigenvalue weighted by Crippen LogP contribution is 2.20. The Hall–Kier alpha value is -1.39. The lowest BCUT2D eigenvalue weighted by Crippen LogP contribution is -2.46. The van der Waals surface area contributed by atoms with E-state index < -0.39 is 0 Å². The average Bonchev–Trinajstić information content (AvgIpc) is 2.52. The van der Waals surface area contributed by atoms with Gasteiger partial charge in [-0.2, -0.15) is 0 Å². The zero-order valence-corrected chi connectivity index (χ0v) is 13.9. The van der Waals surface area contributed by atoms with E-state index in [2.05, 4.69) is 37.5 Å². The lowest BCUT2D eigenvalue weighted by molar-refractivity contribution is 0.00148. The molecular formula is C18H28N2O2. The molecule has 122 valence electrons. The molecule has 1 heterocycles. The number of carbonyl (C=O) groups excluding carboxylic acids is 1. The third kappa shape index (κ3) is 4.55. The monoisotopic (exact) mass is 304 g/mol. The highest BCUT2D eigenvalue weighted by molar-refractivity contribution is 5.94. The third-order valence-electron chi connectivity index (χ3n) is 4.25. The Labute approximate surface area is 133 Å². The van der Waals surface area contributed by atoms with Gasteiger partial charge in [-0.3, -0.25) is 4.79 Å². The van der Waals surface area contributed by atoms with Crippen LogP contribution in [-0.2, 0) is 11.3 Å². The first-order valence-electron chi connectivity index (χ1n) is 8.30. The van der Waals surface area contributed by atoms with Gasteiger partial charge in [0.05, 0.1) is 13.2 Å². The number of rotatable bonds is 6. The van der Waals surface area contributed by atoms with Gasteiger partial charge in [-0.1, -0.05) is 32.9 Å². The summed E-state index contributed by atoms with van der Waals surface area (Å²) >= 11 is 0. The lowest BCUT2D eigenvalue weighted by Gasteiger charge is -2.35. The minimum absolute atomic E-state index is 0.0107. The fourth-order valence-corrected chi connectivity index (χ4v) is 3.01. The van der Waals surface area contributed by atoms with Crippen molar-refractivity contribution in [1.29, 1.82) is 0 Å². The molecule has 1 saturated heterocycles. The molecule has 0 spiro atoms. The van der Waals surface area contributed by atoms with Crippen LogP contribution in [0.1, 0.15) is 43.1 Å². The van der Waals surface area contributed by atoms with Crippen molar-refractivity contribution < 1.29 is 9.53 Å². The van der Waals surface area contributed by atoms with E-state index in [-0.39, 0.29) is 5.91 Å². The van der Waals surface area contributed by atoms with E-state index in [1.807, 2.05) is 18.2 Å². The zero-order valence-electron chi connectivity index (χ0n) is 13.9. The SMILES string of the molecule is CCCNC(=O)c1cccc(CNC2C(C)COCC2C)c1. The molecular weight excluding hydrogens is 276 g/mol. The van der Waals surface area contributed by atoms with Crippen LogP contribution >= 0.6 is 0 Å².